The summed E-state index contributed by atoms with van der Waals surface area (Å²) in [4.78, 5) is 12.7. The molecule has 1 saturated heterocycles. The van der Waals surface area contributed by atoms with Gasteiger partial charge < -0.3 is 9.73 Å². The van der Waals surface area contributed by atoms with Gasteiger partial charge >= 0.3 is 0 Å². The van der Waals surface area contributed by atoms with E-state index in [0.717, 1.165) is 55.8 Å². The SMILES string of the molecule is Cc1nc(CN(Cc2scnc2C)CC2CCNC2)oc1C.Cl.Cl. The van der Waals surface area contributed by atoms with Crippen molar-refractivity contribution < 1.29 is 4.42 Å². The zero-order valence-corrected chi connectivity index (χ0v) is 16.8. The molecular weight excluding hydrogens is 367 g/mol. The van der Waals surface area contributed by atoms with Crippen molar-refractivity contribution in [1.29, 1.82) is 0 Å². The van der Waals surface area contributed by atoms with Crippen molar-refractivity contribution in [1.82, 2.24) is 20.2 Å². The predicted molar refractivity (Wildman–Crippen MR) is 102 cm³/mol. The summed E-state index contributed by atoms with van der Waals surface area (Å²) in [6, 6.07) is 0. The maximum absolute atomic E-state index is 5.78. The molecule has 2 aromatic rings. The second-order valence-corrected chi connectivity index (χ2v) is 7.08. The lowest BCUT2D eigenvalue weighted by molar-refractivity contribution is 0.201. The van der Waals surface area contributed by atoms with Crippen molar-refractivity contribution >= 4 is 36.2 Å². The maximum Gasteiger partial charge on any atom is 0.208 e. The molecule has 0 amide bonds. The third kappa shape index (κ3) is 5.43. The third-order valence-electron chi connectivity index (χ3n) is 4.32. The van der Waals surface area contributed by atoms with E-state index in [1.54, 1.807) is 11.3 Å². The second-order valence-electron chi connectivity index (χ2n) is 6.14. The van der Waals surface area contributed by atoms with Crippen molar-refractivity contribution in [3.8, 4) is 0 Å². The van der Waals surface area contributed by atoms with Gasteiger partial charge in [-0.05, 0) is 46.2 Å². The number of halogens is 2. The topological polar surface area (TPSA) is 54.2 Å². The van der Waals surface area contributed by atoms with Crippen molar-refractivity contribution in [2.24, 2.45) is 5.92 Å². The Kier molecular flexibility index (Phi) is 8.67. The number of rotatable bonds is 6. The van der Waals surface area contributed by atoms with Gasteiger partial charge in [0.2, 0.25) is 5.89 Å². The second kappa shape index (κ2) is 9.73. The summed E-state index contributed by atoms with van der Waals surface area (Å²) < 4.78 is 5.78. The molecule has 0 spiro atoms. The smallest absolute Gasteiger partial charge is 0.208 e. The molecule has 136 valence electrons. The van der Waals surface area contributed by atoms with E-state index in [1.807, 2.05) is 19.4 Å². The quantitative estimate of drug-likeness (QED) is 0.814. The van der Waals surface area contributed by atoms with E-state index >= 15 is 0 Å². The van der Waals surface area contributed by atoms with Crippen LogP contribution in [0.2, 0.25) is 0 Å². The Hall–Kier alpha value is -0.660. The molecule has 3 rings (SSSR count). The van der Waals surface area contributed by atoms with Crippen molar-refractivity contribution in [2.75, 3.05) is 19.6 Å². The first-order chi connectivity index (χ1) is 10.6. The van der Waals surface area contributed by atoms with E-state index in [2.05, 4.69) is 27.1 Å². The zero-order valence-electron chi connectivity index (χ0n) is 14.4. The fourth-order valence-corrected chi connectivity index (χ4v) is 3.72. The highest BCUT2D eigenvalue weighted by Gasteiger charge is 2.21. The predicted octanol–water partition coefficient (Wildman–Crippen LogP) is 3.51. The van der Waals surface area contributed by atoms with E-state index in [4.69, 9.17) is 4.42 Å². The van der Waals surface area contributed by atoms with Gasteiger partial charge in [0, 0.05) is 18.0 Å². The molecule has 1 atom stereocenters. The van der Waals surface area contributed by atoms with E-state index in [-0.39, 0.29) is 24.8 Å². The van der Waals surface area contributed by atoms with Crippen LogP contribution in [0.5, 0.6) is 0 Å². The number of nitrogens with one attached hydrogen (secondary N) is 1. The summed E-state index contributed by atoms with van der Waals surface area (Å²) in [7, 11) is 0. The molecule has 1 fully saturated rings. The molecule has 0 aliphatic carbocycles. The number of hydrogen-bond donors (Lipinski definition) is 1. The van der Waals surface area contributed by atoms with Gasteiger partial charge in [0.1, 0.15) is 5.76 Å². The summed E-state index contributed by atoms with van der Waals surface area (Å²) in [6.45, 7) is 11.1. The lowest BCUT2D eigenvalue weighted by atomic mass is 10.1. The molecule has 1 unspecified atom stereocenters. The minimum absolute atomic E-state index is 0. The van der Waals surface area contributed by atoms with Crippen LogP contribution in [0.25, 0.3) is 0 Å². The summed E-state index contributed by atoms with van der Waals surface area (Å²) in [5.74, 6) is 2.46. The first-order valence-corrected chi connectivity index (χ1v) is 8.74. The fraction of sp³-hybridized carbons (Fsp3) is 0.625. The lowest BCUT2D eigenvalue weighted by Gasteiger charge is -2.23. The molecule has 8 heteroatoms. The van der Waals surface area contributed by atoms with Crippen LogP contribution < -0.4 is 5.32 Å². The summed E-state index contributed by atoms with van der Waals surface area (Å²) >= 11 is 1.74. The third-order valence-corrected chi connectivity index (χ3v) is 5.24. The van der Waals surface area contributed by atoms with E-state index < -0.39 is 0 Å². The molecule has 24 heavy (non-hydrogen) atoms. The Morgan fingerprint density at radius 3 is 2.58 bits per heavy atom. The molecule has 1 aliphatic heterocycles. The van der Waals surface area contributed by atoms with Crippen LogP contribution in [0.4, 0.5) is 0 Å². The van der Waals surface area contributed by atoms with E-state index in [0.29, 0.717) is 5.92 Å². The molecule has 5 nitrogen and oxygen atoms in total. The standard InChI is InChI=1S/C16H24N4OS.2ClH/c1-11-13(3)21-16(19-11)9-20(7-14-4-5-17-6-14)8-15-12(2)18-10-22-15;;/h10,14,17H,4-9H2,1-3H3;2*1H. The zero-order chi connectivity index (χ0) is 15.5. The fourth-order valence-electron chi connectivity index (χ4n) is 2.90. The van der Waals surface area contributed by atoms with Crippen LogP contribution in [0.1, 0.15) is 34.3 Å². The molecule has 0 saturated carbocycles. The Morgan fingerprint density at radius 2 is 2.04 bits per heavy atom. The highest BCUT2D eigenvalue weighted by Crippen LogP contribution is 2.20. The van der Waals surface area contributed by atoms with Gasteiger partial charge in [-0.1, -0.05) is 0 Å². The van der Waals surface area contributed by atoms with Gasteiger partial charge in [-0.2, -0.15) is 0 Å². The van der Waals surface area contributed by atoms with Crippen LogP contribution in [0, 0.1) is 26.7 Å². The molecule has 1 N–H and O–H groups in total. The Balaban J connectivity index is 0.00000144. The van der Waals surface area contributed by atoms with Crippen molar-refractivity contribution in [2.45, 2.75) is 40.3 Å². The molecule has 2 aromatic heterocycles. The van der Waals surface area contributed by atoms with Gasteiger partial charge in [-0.3, -0.25) is 4.90 Å². The molecule has 0 radical (unpaired) electrons. The van der Waals surface area contributed by atoms with Gasteiger partial charge in [0.05, 0.1) is 23.4 Å². The number of aromatic nitrogens is 2. The molecular formula is C16H26Cl2N4OS. The van der Waals surface area contributed by atoms with Crippen LogP contribution in [0.15, 0.2) is 9.93 Å². The molecule has 0 aromatic carbocycles. The molecule has 1 aliphatic rings. The van der Waals surface area contributed by atoms with Crippen LogP contribution >= 0.6 is 36.2 Å². The highest BCUT2D eigenvalue weighted by molar-refractivity contribution is 7.09. The largest absolute Gasteiger partial charge is 0.444 e. The van der Waals surface area contributed by atoms with E-state index in [1.165, 1.54) is 11.3 Å². The maximum atomic E-state index is 5.78. The Morgan fingerprint density at radius 1 is 1.25 bits per heavy atom. The first-order valence-electron chi connectivity index (χ1n) is 7.86. The summed E-state index contributed by atoms with van der Waals surface area (Å²) in [5.41, 5.74) is 4.06. The van der Waals surface area contributed by atoms with Crippen LogP contribution in [-0.4, -0.2) is 34.5 Å². The van der Waals surface area contributed by atoms with Gasteiger partial charge in [-0.25, -0.2) is 9.97 Å². The number of aryl methyl sites for hydroxylation is 3. The van der Waals surface area contributed by atoms with Gasteiger partial charge in [0.15, 0.2) is 0 Å². The molecule has 3 heterocycles. The number of nitrogens with zero attached hydrogens (tertiary/aromatic N) is 3. The molecule has 0 bridgehead atoms. The number of hydrogen-bond acceptors (Lipinski definition) is 6. The van der Waals surface area contributed by atoms with E-state index in [9.17, 15) is 0 Å². The van der Waals surface area contributed by atoms with Gasteiger partial charge in [-0.15, -0.1) is 36.2 Å². The average Bonchev–Trinajstić information content (AvgIpc) is 3.17. The first kappa shape index (κ1) is 21.4. The Bertz CT molecular complexity index is 606. The van der Waals surface area contributed by atoms with Crippen molar-refractivity contribution in [3.63, 3.8) is 0 Å². The lowest BCUT2D eigenvalue weighted by Crippen LogP contribution is -2.30. The summed E-state index contributed by atoms with van der Waals surface area (Å²) in [6.07, 6.45) is 1.25. The Labute approximate surface area is 160 Å². The monoisotopic (exact) mass is 392 g/mol. The average molecular weight is 393 g/mol. The van der Waals surface area contributed by atoms with Gasteiger partial charge in [0.25, 0.3) is 0 Å². The normalized spacial score (nSPS) is 16.9. The van der Waals surface area contributed by atoms with Crippen LogP contribution in [-0.2, 0) is 13.1 Å². The number of thiazole rings is 1. The van der Waals surface area contributed by atoms with Crippen molar-refractivity contribution in [3.05, 3.63) is 33.4 Å². The summed E-state index contributed by atoms with van der Waals surface area (Å²) in [5, 5.41) is 3.45. The minimum atomic E-state index is 0. The minimum Gasteiger partial charge on any atom is -0.444 e. The van der Waals surface area contributed by atoms with Crippen LogP contribution in [0.3, 0.4) is 0 Å². The number of oxazole rings is 1. The highest BCUT2D eigenvalue weighted by atomic mass is 35.5.